The maximum absolute atomic E-state index is 13.1. The summed E-state index contributed by atoms with van der Waals surface area (Å²) in [5, 5.41) is 0. The van der Waals surface area contributed by atoms with Crippen LogP contribution in [-0.4, -0.2) is 49.7 Å². The molecule has 2 heterocycles. The summed E-state index contributed by atoms with van der Waals surface area (Å²) in [5.41, 5.74) is 1.36. The van der Waals surface area contributed by atoms with E-state index in [1.54, 1.807) is 24.3 Å². The van der Waals surface area contributed by atoms with Crippen LogP contribution >= 0.6 is 0 Å². The van der Waals surface area contributed by atoms with Gasteiger partial charge >= 0.3 is 0 Å². The molecule has 1 atom stereocenters. The van der Waals surface area contributed by atoms with E-state index < -0.39 is 10.0 Å². The number of amides is 1. The van der Waals surface area contributed by atoms with Gasteiger partial charge in [-0.1, -0.05) is 48.5 Å². The molecule has 0 saturated carbocycles. The summed E-state index contributed by atoms with van der Waals surface area (Å²) in [4.78, 5) is 15.4. The summed E-state index contributed by atoms with van der Waals surface area (Å²) in [6.45, 7) is 2.33. The highest BCUT2D eigenvalue weighted by Gasteiger charge is 2.35. The van der Waals surface area contributed by atoms with Crippen LogP contribution in [-0.2, 0) is 21.2 Å². The maximum Gasteiger partial charge on any atom is 0.243 e. The fourth-order valence-electron chi connectivity index (χ4n) is 4.67. The van der Waals surface area contributed by atoms with Crippen molar-refractivity contribution in [2.24, 2.45) is 11.8 Å². The summed E-state index contributed by atoms with van der Waals surface area (Å²) in [6.07, 6.45) is 4.59. The molecule has 4 rings (SSSR count). The molecule has 0 spiro atoms. The highest BCUT2D eigenvalue weighted by atomic mass is 32.2. The van der Waals surface area contributed by atoms with Gasteiger partial charge in [-0.25, -0.2) is 8.42 Å². The van der Waals surface area contributed by atoms with Crippen LogP contribution in [0.1, 0.15) is 31.2 Å². The van der Waals surface area contributed by atoms with Crippen molar-refractivity contribution in [1.29, 1.82) is 0 Å². The molecular formula is C24H30N2O3S. The second-order valence-corrected chi connectivity index (χ2v) is 10.4. The van der Waals surface area contributed by atoms with E-state index in [4.69, 9.17) is 0 Å². The normalized spacial score (nSPS) is 21.5. The van der Waals surface area contributed by atoms with Crippen molar-refractivity contribution in [3.63, 3.8) is 0 Å². The van der Waals surface area contributed by atoms with Crippen LogP contribution in [0.15, 0.2) is 65.6 Å². The van der Waals surface area contributed by atoms with Crippen molar-refractivity contribution in [1.82, 2.24) is 9.21 Å². The molecule has 6 heteroatoms. The van der Waals surface area contributed by atoms with Crippen LogP contribution in [0.25, 0.3) is 0 Å². The van der Waals surface area contributed by atoms with E-state index in [0.29, 0.717) is 23.9 Å². The smallest absolute Gasteiger partial charge is 0.243 e. The number of hydrogen-bond donors (Lipinski definition) is 0. The molecule has 0 N–H and O–H groups in total. The molecule has 2 aromatic rings. The van der Waals surface area contributed by atoms with Gasteiger partial charge in [-0.15, -0.1) is 0 Å². The van der Waals surface area contributed by atoms with E-state index in [1.807, 2.05) is 17.0 Å². The van der Waals surface area contributed by atoms with Gasteiger partial charge in [-0.05, 0) is 55.7 Å². The zero-order valence-corrected chi connectivity index (χ0v) is 18.1. The fourth-order valence-corrected chi connectivity index (χ4v) is 6.21. The van der Waals surface area contributed by atoms with Gasteiger partial charge in [0.05, 0.1) is 10.8 Å². The molecule has 2 aliphatic rings. The highest BCUT2D eigenvalue weighted by molar-refractivity contribution is 7.89. The van der Waals surface area contributed by atoms with Crippen LogP contribution in [0.3, 0.4) is 0 Å². The number of carbonyl (C=O) groups excluding carboxylic acids is 1. The van der Waals surface area contributed by atoms with Crippen LogP contribution in [0.5, 0.6) is 0 Å². The SMILES string of the molecule is O=C([C@@H]1CCCN(S(=O)(=O)c2ccccc2)C1)N1CCC(Cc2ccccc2)CC1. The Bertz CT molecular complexity index is 939. The van der Waals surface area contributed by atoms with Crippen molar-refractivity contribution < 1.29 is 13.2 Å². The van der Waals surface area contributed by atoms with E-state index in [2.05, 4.69) is 24.3 Å². The van der Waals surface area contributed by atoms with Crippen molar-refractivity contribution >= 4 is 15.9 Å². The van der Waals surface area contributed by atoms with Gasteiger partial charge in [0.2, 0.25) is 15.9 Å². The Morgan fingerprint density at radius 1 is 0.867 bits per heavy atom. The van der Waals surface area contributed by atoms with E-state index in [9.17, 15) is 13.2 Å². The minimum Gasteiger partial charge on any atom is -0.342 e. The van der Waals surface area contributed by atoms with Gasteiger partial charge in [0, 0.05) is 26.2 Å². The number of hydrogen-bond acceptors (Lipinski definition) is 3. The lowest BCUT2D eigenvalue weighted by atomic mass is 9.89. The minimum atomic E-state index is -3.54. The van der Waals surface area contributed by atoms with E-state index in [-0.39, 0.29) is 11.8 Å². The lowest BCUT2D eigenvalue weighted by molar-refractivity contribution is -0.138. The average molecular weight is 427 g/mol. The topological polar surface area (TPSA) is 57.7 Å². The lowest BCUT2D eigenvalue weighted by Gasteiger charge is -2.37. The molecule has 0 aliphatic carbocycles. The van der Waals surface area contributed by atoms with E-state index in [0.717, 1.165) is 45.2 Å². The predicted molar refractivity (Wildman–Crippen MR) is 117 cm³/mol. The molecule has 0 radical (unpaired) electrons. The highest BCUT2D eigenvalue weighted by Crippen LogP contribution is 2.27. The van der Waals surface area contributed by atoms with Gasteiger partial charge in [0.1, 0.15) is 0 Å². The number of nitrogens with zero attached hydrogens (tertiary/aromatic N) is 2. The molecule has 2 aromatic carbocycles. The molecule has 0 bridgehead atoms. The Labute approximate surface area is 179 Å². The third-order valence-corrected chi connectivity index (χ3v) is 8.29. The first-order chi connectivity index (χ1) is 14.5. The van der Waals surface area contributed by atoms with Crippen molar-refractivity contribution in [2.45, 2.75) is 37.0 Å². The van der Waals surface area contributed by atoms with E-state index >= 15 is 0 Å². The Morgan fingerprint density at radius 3 is 2.17 bits per heavy atom. The monoisotopic (exact) mass is 426 g/mol. The predicted octanol–water partition coefficient (Wildman–Crippen LogP) is 3.57. The third kappa shape index (κ3) is 4.76. The first-order valence-corrected chi connectivity index (χ1v) is 12.4. The molecule has 1 amide bonds. The Hall–Kier alpha value is -2.18. The molecule has 0 aromatic heterocycles. The number of benzene rings is 2. The molecule has 30 heavy (non-hydrogen) atoms. The van der Waals surface area contributed by atoms with Crippen LogP contribution in [0.4, 0.5) is 0 Å². The number of sulfonamides is 1. The Morgan fingerprint density at radius 2 is 1.50 bits per heavy atom. The standard InChI is InChI=1S/C24H30N2O3S/c27-24(25-16-13-21(14-17-25)18-20-8-3-1-4-9-20)22-10-7-15-26(19-22)30(28,29)23-11-5-2-6-12-23/h1-6,8-9,11-12,21-22H,7,10,13-19H2/t22-/m1/s1. The quantitative estimate of drug-likeness (QED) is 0.734. The second-order valence-electron chi connectivity index (χ2n) is 8.47. The first kappa shape index (κ1) is 21.1. The van der Waals surface area contributed by atoms with Crippen molar-refractivity contribution in [2.75, 3.05) is 26.2 Å². The van der Waals surface area contributed by atoms with Crippen LogP contribution < -0.4 is 0 Å². The largest absolute Gasteiger partial charge is 0.342 e. The van der Waals surface area contributed by atoms with Crippen molar-refractivity contribution in [3.05, 3.63) is 66.2 Å². The van der Waals surface area contributed by atoms with Gasteiger partial charge in [0.15, 0.2) is 0 Å². The number of rotatable bonds is 5. The van der Waals surface area contributed by atoms with Crippen molar-refractivity contribution in [3.8, 4) is 0 Å². The van der Waals surface area contributed by atoms with E-state index in [1.165, 1.54) is 9.87 Å². The summed E-state index contributed by atoms with van der Waals surface area (Å²) >= 11 is 0. The Balaban J connectivity index is 1.34. The van der Waals surface area contributed by atoms with Gasteiger partial charge in [0.25, 0.3) is 0 Å². The lowest BCUT2D eigenvalue weighted by Crippen LogP contribution is -2.48. The third-order valence-electron chi connectivity index (χ3n) is 6.41. The molecule has 0 unspecified atom stereocenters. The minimum absolute atomic E-state index is 0.126. The summed E-state index contributed by atoms with van der Waals surface area (Å²) in [6, 6.07) is 19.1. The molecule has 2 aliphatic heterocycles. The van der Waals surface area contributed by atoms with Crippen LogP contribution in [0.2, 0.25) is 0 Å². The summed E-state index contributed by atoms with van der Waals surface area (Å²) in [5.74, 6) is 0.502. The zero-order chi connectivity index (χ0) is 21.0. The average Bonchev–Trinajstić information content (AvgIpc) is 2.80. The van der Waals surface area contributed by atoms with Gasteiger partial charge < -0.3 is 4.90 Å². The van der Waals surface area contributed by atoms with Crippen LogP contribution in [0, 0.1) is 11.8 Å². The Kier molecular flexibility index (Phi) is 6.54. The van der Waals surface area contributed by atoms with Gasteiger partial charge in [-0.3, -0.25) is 4.79 Å². The fraction of sp³-hybridized carbons (Fsp3) is 0.458. The van der Waals surface area contributed by atoms with Gasteiger partial charge in [-0.2, -0.15) is 4.31 Å². The molecule has 2 fully saturated rings. The molecule has 160 valence electrons. The zero-order valence-electron chi connectivity index (χ0n) is 17.3. The molecule has 5 nitrogen and oxygen atoms in total. The number of piperidine rings is 2. The summed E-state index contributed by atoms with van der Waals surface area (Å²) in [7, 11) is -3.54. The summed E-state index contributed by atoms with van der Waals surface area (Å²) < 4.78 is 27.4. The molecule has 2 saturated heterocycles. The maximum atomic E-state index is 13.1. The first-order valence-electron chi connectivity index (χ1n) is 10.9. The number of likely N-dealkylation sites (tertiary alicyclic amines) is 1. The molecular weight excluding hydrogens is 396 g/mol. The number of carbonyl (C=O) groups is 1. The second kappa shape index (κ2) is 9.31.